The van der Waals surface area contributed by atoms with Crippen LogP contribution in [0, 0.1) is 17.3 Å². The molecule has 1 amide bonds. The molecule has 0 heterocycles. The minimum absolute atomic E-state index is 0.248. The Hall–Kier alpha value is -0.240. The van der Waals surface area contributed by atoms with E-state index in [2.05, 4.69) is 19.2 Å². The summed E-state index contributed by atoms with van der Waals surface area (Å²) in [6.07, 6.45) is 5.60. The SMILES string of the molecule is CC1(C)CC1C(=O)NCC1CCC(Cl)CC1. The molecule has 1 atom stereocenters. The van der Waals surface area contributed by atoms with E-state index in [1.165, 1.54) is 12.8 Å². The van der Waals surface area contributed by atoms with Gasteiger partial charge in [0.1, 0.15) is 0 Å². The van der Waals surface area contributed by atoms with E-state index in [0.717, 1.165) is 25.8 Å². The van der Waals surface area contributed by atoms with Crippen LogP contribution in [0.1, 0.15) is 46.0 Å². The van der Waals surface area contributed by atoms with Crippen LogP contribution < -0.4 is 5.32 Å². The Bertz CT molecular complexity index is 269. The second-order valence-corrected chi connectivity index (χ2v) is 6.73. The lowest BCUT2D eigenvalue weighted by atomic mass is 9.89. The molecule has 1 N–H and O–H groups in total. The van der Waals surface area contributed by atoms with Crippen molar-refractivity contribution in [3.05, 3.63) is 0 Å². The molecule has 0 saturated heterocycles. The highest BCUT2D eigenvalue weighted by Crippen LogP contribution is 2.51. The van der Waals surface area contributed by atoms with Crippen LogP contribution in [0.5, 0.6) is 0 Å². The van der Waals surface area contributed by atoms with Crippen LogP contribution in [-0.4, -0.2) is 17.8 Å². The summed E-state index contributed by atoms with van der Waals surface area (Å²) in [7, 11) is 0. The van der Waals surface area contributed by atoms with Crippen molar-refractivity contribution in [2.45, 2.75) is 51.3 Å². The average molecular weight is 244 g/mol. The van der Waals surface area contributed by atoms with Gasteiger partial charge < -0.3 is 5.32 Å². The van der Waals surface area contributed by atoms with Crippen molar-refractivity contribution < 1.29 is 4.79 Å². The Labute approximate surface area is 103 Å². The Morgan fingerprint density at radius 1 is 1.31 bits per heavy atom. The van der Waals surface area contributed by atoms with Gasteiger partial charge in [-0.1, -0.05) is 13.8 Å². The van der Waals surface area contributed by atoms with Gasteiger partial charge in [-0.05, 0) is 43.4 Å². The monoisotopic (exact) mass is 243 g/mol. The van der Waals surface area contributed by atoms with Gasteiger partial charge in [0.2, 0.25) is 5.91 Å². The average Bonchev–Trinajstić information content (AvgIpc) is 2.87. The van der Waals surface area contributed by atoms with E-state index in [9.17, 15) is 4.79 Å². The topological polar surface area (TPSA) is 29.1 Å². The smallest absolute Gasteiger partial charge is 0.223 e. The molecule has 92 valence electrons. The third-order valence-corrected chi connectivity index (χ3v) is 4.61. The first-order valence-electron chi connectivity index (χ1n) is 6.41. The number of rotatable bonds is 3. The highest BCUT2D eigenvalue weighted by Gasteiger charge is 2.50. The Kier molecular flexibility index (Phi) is 3.48. The molecule has 0 radical (unpaired) electrons. The summed E-state index contributed by atoms with van der Waals surface area (Å²) in [6.45, 7) is 5.18. The minimum Gasteiger partial charge on any atom is -0.356 e. The van der Waals surface area contributed by atoms with Crippen LogP contribution in [0.4, 0.5) is 0 Å². The Balaban J connectivity index is 1.66. The van der Waals surface area contributed by atoms with Crippen molar-refractivity contribution in [1.29, 1.82) is 0 Å². The van der Waals surface area contributed by atoms with E-state index in [0.29, 0.717) is 11.3 Å². The second-order valence-electron chi connectivity index (χ2n) is 6.11. The van der Waals surface area contributed by atoms with Crippen LogP contribution >= 0.6 is 11.6 Å². The lowest BCUT2D eigenvalue weighted by Gasteiger charge is -2.25. The van der Waals surface area contributed by atoms with E-state index in [-0.39, 0.29) is 17.2 Å². The summed E-state index contributed by atoms with van der Waals surface area (Å²) < 4.78 is 0. The van der Waals surface area contributed by atoms with Crippen molar-refractivity contribution in [1.82, 2.24) is 5.32 Å². The van der Waals surface area contributed by atoms with Crippen LogP contribution in [0.2, 0.25) is 0 Å². The number of amides is 1. The first-order valence-corrected chi connectivity index (χ1v) is 6.84. The lowest BCUT2D eigenvalue weighted by molar-refractivity contribution is -0.123. The van der Waals surface area contributed by atoms with E-state index in [4.69, 9.17) is 11.6 Å². The summed E-state index contributed by atoms with van der Waals surface area (Å²) in [6, 6.07) is 0. The molecule has 2 fully saturated rings. The normalized spacial score (nSPS) is 36.8. The molecule has 0 aromatic heterocycles. The van der Waals surface area contributed by atoms with Gasteiger partial charge in [-0.2, -0.15) is 0 Å². The number of hydrogen-bond donors (Lipinski definition) is 1. The zero-order chi connectivity index (χ0) is 11.8. The first-order chi connectivity index (χ1) is 7.49. The number of carbonyl (C=O) groups is 1. The molecule has 0 aliphatic heterocycles. The number of halogens is 1. The van der Waals surface area contributed by atoms with Crippen molar-refractivity contribution in [3.63, 3.8) is 0 Å². The van der Waals surface area contributed by atoms with Gasteiger partial charge in [0, 0.05) is 17.8 Å². The fourth-order valence-electron chi connectivity index (χ4n) is 2.61. The molecule has 2 saturated carbocycles. The van der Waals surface area contributed by atoms with E-state index < -0.39 is 0 Å². The molecule has 2 aliphatic rings. The summed E-state index contributed by atoms with van der Waals surface area (Å²) in [5, 5.41) is 3.47. The minimum atomic E-state index is 0.248. The van der Waals surface area contributed by atoms with Gasteiger partial charge in [0.15, 0.2) is 0 Å². The molecule has 16 heavy (non-hydrogen) atoms. The molecule has 2 nitrogen and oxygen atoms in total. The summed E-state index contributed by atoms with van der Waals surface area (Å²) in [5.41, 5.74) is 0.248. The zero-order valence-electron chi connectivity index (χ0n) is 10.3. The molecule has 2 rings (SSSR count). The fourth-order valence-corrected chi connectivity index (χ4v) is 2.86. The van der Waals surface area contributed by atoms with Crippen LogP contribution in [-0.2, 0) is 4.79 Å². The van der Waals surface area contributed by atoms with E-state index in [1.807, 2.05) is 0 Å². The summed E-state index contributed by atoms with van der Waals surface area (Å²) in [4.78, 5) is 11.8. The van der Waals surface area contributed by atoms with E-state index in [1.54, 1.807) is 0 Å². The van der Waals surface area contributed by atoms with Gasteiger partial charge in [-0.25, -0.2) is 0 Å². The van der Waals surface area contributed by atoms with Gasteiger partial charge >= 0.3 is 0 Å². The van der Waals surface area contributed by atoms with Gasteiger partial charge in [-0.3, -0.25) is 4.79 Å². The lowest BCUT2D eigenvalue weighted by Crippen LogP contribution is -2.33. The molecule has 0 bridgehead atoms. The third-order valence-electron chi connectivity index (χ3n) is 4.17. The Morgan fingerprint density at radius 2 is 1.88 bits per heavy atom. The van der Waals surface area contributed by atoms with Gasteiger partial charge in [-0.15, -0.1) is 11.6 Å². The molecule has 2 aliphatic carbocycles. The molecular weight excluding hydrogens is 222 g/mol. The number of nitrogens with one attached hydrogen (secondary N) is 1. The van der Waals surface area contributed by atoms with Gasteiger partial charge in [0.05, 0.1) is 0 Å². The maximum absolute atomic E-state index is 11.8. The number of alkyl halides is 1. The molecule has 3 heteroatoms. The predicted octanol–water partition coefficient (Wildman–Crippen LogP) is 2.95. The number of carbonyl (C=O) groups excluding carboxylic acids is 1. The molecular formula is C13H22ClNO. The fraction of sp³-hybridized carbons (Fsp3) is 0.923. The van der Waals surface area contributed by atoms with Crippen molar-refractivity contribution in [2.24, 2.45) is 17.3 Å². The molecule has 0 aromatic carbocycles. The summed E-state index contributed by atoms with van der Waals surface area (Å²) in [5.74, 6) is 1.18. The van der Waals surface area contributed by atoms with Crippen LogP contribution in [0.3, 0.4) is 0 Å². The number of hydrogen-bond acceptors (Lipinski definition) is 1. The molecule has 1 unspecified atom stereocenters. The molecule has 0 spiro atoms. The van der Waals surface area contributed by atoms with Gasteiger partial charge in [0.25, 0.3) is 0 Å². The quantitative estimate of drug-likeness (QED) is 0.759. The zero-order valence-corrected chi connectivity index (χ0v) is 11.0. The van der Waals surface area contributed by atoms with Crippen LogP contribution in [0.15, 0.2) is 0 Å². The van der Waals surface area contributed by atoms with Crippen molar-refractivity contribution >= 4 is 17.5 Å². The third kappa shape index (κ3) is 2.91. The van der Waals surface area contributed by atoms with Crippen molar-refractivity contribution in [3.8, 4) is 0 Å². The predicted molar refractivity (Wildman–Crippen MR) is 66.5 cm³/mol. The highest BCUT2D eigenvalue weighted by atomic mass is 35.5. The Morgan fingerprint density at radius 3 is 2.38 bits per heavy atom. The molecule has 0 aromatic rings. The first kappa shape index (κ1) is 12.2. The van der Waals surface area contributed by atoms with Crippen molar-refractivity contribution in [2.75, 3.05) is 6.54 Å². The largest absolute Gasteiger partial charge is 0.356 e. The highest BCUT2D eigenvalue weighted by molar-refractivity contribution is 6.20. The maximum Gasteiger partial charge on any atom is 0.223 e. The second kappa shape index (κ2) is 4.56. The summed E-state index contributed by atoms with van der Waals surface area (Å²) >= 11 is 6.06. The maximum atomic E-state index is 11.8. The van der Waals surface area contributed by atoms with Crippen LogP contribution in [0.25, 0.3) is 0 Å². The standard InChI is InChI=1S/C13H22ClNO/c1-13(2)7-11(13)12(16)15-8-9-3-5-10(14)6-4-9/h9-11H,3-8H2,1-2H3,(H,15,16). The van der Waals surface area contributed by atoms with E-state index >= 15 is 0 Å².